The van der Waals surface area contributed by atoms with Crippen LogP contribution in [0.3, 0.4) is 0 Å². The average Bonchev–Trinajstić information content (AvgIpc) is 1.58. The molecule has 2 aromatic heterocycles. The van der Waals surface area contributed by atoms with E-state index in [4.69, 9.17) is 61.8 Å². The molecule has 0 saturated carbocycles. The van der Waals surface area contributed by atoms with Gasteiger partial charge in [0, 0.05) is 86.4 Å². The first-order valence-electron chi connectivity index (χ1n) is 41.6. The minimum absolute atomic E-state index is 0.0166. The third kappa shape index (κ3) is 30.3. The number of ether oxygens (including phenoxy) is 12. The zero-order valence-corrected chi connectivity index (χ0v) is 70.6. The largest absolute Gasteiger partial charge is 0.481 e. The van der Waals surface area contributed by atoms with Gasteiger partial charge in [-0.05, 0) is 118 Å². The quantitative estimate of drug-likeness (QED) is 0.0152. The third-order valence-corrected chi connectivity index (χ3v) is 20.7. The number of esters is 1. The molecule has 10 N–H and O–H groups in total. The highest BCUT2D eigenvalue weighted by molar-refractivity contribution is 6.13. The molecule has 5 heterocycles. The Kier molecular flexibility index (Phi) is 40.7. The number of aliphatic hydroxyl groups is 1. The van der Waals surface area contributed by atoms with Crippen molar-refractivity contribution in [2.75, 3.05) is 158 Å². The Labute approximate surface area is 711 Å². The van der Waals surface area contributed by atoms with Gasteiger partial charge in [-0.3, -0.25) is 57.6 Å². The first-order valence-corrected chi connectivity index (χ1v) is 41.6. The van der Waals surface area contributed by atoms with Crippen LogP contribution >= 0.6 is 0 Å². The molecule has 0 radical (unpaired) electrons. The lowest BCUT2D eigenvalue weighted by molar-refractivity contribution is -0.172. The van der Waals surface area contributed by atoms with Gasteiger partial charge in [-0.15, -0.1) is 0 Å². The van der Waals surface area contributed by atoms with E-state index in [9.17, 15) is 72.5 Å². The van der Waals surface area contributed by atoms with E-state index in [1.807, 2.05) is 0 Å². The van der Waals surface area contributed by atoms with E-state index in [1.54, 1.807) is 65.1 Å². The van der Waals surface area contributed by atoms with Crippen LogP contribution in [0.25, 0.3) is 22.3 Å². The molecule has 0 bridgehead atoms. The molecule has 4 aliphatic rings. The number of rotatable bonds is 59. The van der Waals surface area contributed by atoms with Crippen molar-refractivity contribution in [2.24, 2.45) is 5.92 Å². The summed E-state index contributed by atoms with van der Waals surface area (Å²) in [4.78, 5) is 176. The number of carbonyl (C=O) groups excluding carboxylic acids is 11. The number of hydrogen-bond donors (Lipinski definition) is 10. The molecule has 123 heavy (non-hydrogen) atoms. The highest BCUT2D eigenvalue weighted by atomic mass is 19.1. The molecule has 1 aliphatic carbocycles. The number of methoxy groups -OCH3 is 1. The number of imide groups is 1. The number of anilines is 1. The smallest absolute Gasteiger partial charge is 0.407 e. The second-order valence-electron chi connectivity index (χ2n) is 29.9. The van der Waals surface area contributed by atoms with E-state index in [0.29, 0.717) is 187 Å². The number of carbonyl (C=O) groups is 12. The molecule has 0 saturated heterocycles. The van der Waals surface area contributed by atoms with Gasteiger partial charge in [-0.25, -0.2) is 19.0 Å². The predicted molar refractivity (Wildman–Crippen MR) is 437 cm³/mol. The summed E-state index contributed by atoms with van der Waals surface area (Å²) >= 11 is 0. The van der Waals surface area contributed by atoms with Gasteiger partial charge in [0.25, 0.3) is 17.4 Å². The van der Waals surface area contributed by atoms with Gasteiger partial charge in [0.2, 0.25) is 41.4 Å². The normalized spacial score (nSPS) is 15.9. The molecule has 0 fully saturated rings. The Morgan fingerprint density at radius 3 is 1.76 bits per heavy atom. The molecule has 0 unspecified atom stereocenters. The molecule has 3 aliphatic heterocycles. The van der Waals surface area contributed by atoms with Gasteiger partial charge < -0.3 is 114 Å². The van der Waals surface area contributed by atoms with Crippen LogP contribution in [0.1, 0.15) is 143 Å². The van der Waals surface area contributed by atoms with Gasteiger partial charge >= 0.3 is 18.0 Å². The first-order chi connectivity index (χ1) is 59.2. The molecule has 39 heteroatoms. The second kappa shape index (κ2) is 51.1. The SMILES string of the molecule is CC[C@@]1(O)C(=O)OCc2c1cc1n(c2=O)Cc2c-1nc1cc(F)c(C)c3c1c2[C@@H](NC(=O)OCc1ccc(NC(=O)[C@H](C)NC(=O)[C@@H](NC(=O)[C@H](CCC(=O)O)NC(=O)CCCNC(=O)[C@H](CCCCNC(=O)COCCOCCOCCOCCOCCOCCOCCOCCOCCOC)NC(=O)CCCN2C(=O)C=CC2=O)C(C)C)cc1)CC3. The fourth-order valence-electron chi connectivity index (χ4n) is 13.9. The van der Waals surface area contributed by atoms with Crippen molar-refractivity contribution in [1.82, 2.24) is 51.7 Å². The van der Waals surface area contributed by atoms with Crippen LogP contribution in [0.5, 0.6) is 0 Å². The van der Waals surface area contributed by atoms with Crippen LogP contribution in [-0.4, -0.2) is 272 Å². The molecule has 10 amide bonds. The number of aryl methyl sites for hydroxylation is 1. The number of pyridine rings is 2. The topological polar surface area (TPSA) is 490 Å². The predicted octanol–water partition coefficient (Wildman–Crippen LogP) is 2.54. The summed E-state index contributed by atoms with van der Waals surface area (Å²) in [5.74, 6) is -8.80. The summed E-state index contributed by atoms with van der Waals surface area (Å²) in [7, 11) is 1.62. The van der Waals surface area contributed by atoms with Gasteiger partial charge in [0.05, 0.1) is 154 Å². The minimum atomic E-state index is -2.08. The van der Waals surface area contributed by atoms with Crippen molar-refractivity contribution in [1.29, 1.82) is 0 Å². The van der Waals surface area contributed by atoms with Crippen molar-refractivity contribution in [3.63, 3.8) is 0 Å². The number of amides is 10. The standard InChI is InChI=1S/C84H116FN11O27/c1-7-84(111)60-46-66-76-58(48-96(66)81(108)59(60)50-122-82(84)109)74-62(20-19-57-53(4)61(85)47-65(92-76)73(57)74)93-83(110)123-49-55-15-17-56(18-16-55)89-77(104)54(5)88-80(107)75(52(2)3)94-79(106)64(21-24-72(102)103)91-67(97)13-10-26-87-78(105)63(90-68(98)14-11-27-95-70(100)22-23-71(95)101)12-8-9-25-86-69(99)51-121-45-44-120-43-42-119-41-40-118-39-38-117-37-36-116-35-34-115-33-32-114-31-30-113-29-28-112-6/h15-18,22-23,46-47,52,54,62-64,75,111H,7-14,19-21,24-45,48-51H2,1-6H3,(H,86,99)(H,87,105)(H,88,107)(H,89,104)(H,90,98)(H,91,97)(H,93,110)(H,94,106)(H,102,103)/t54-,62-,63-,64-,75-,84-/m0/s1. The zero-order chi connectivity index (χ0) is 88.8. The van der Waals surface area contributed by atoms with Crippen molar-refractivity contribution >= 4 is 87.8 Å². The monoisotopic (exact) mass is 1730 g/mol. The Hall–Kier alpha value is -10.3. The number of unbranched alkanes of at least 4 members (excludes halogenated alkanes) is 1. The molecule has 8 rings (SSSR count). The van der Waals surface area contributed by atoms with Gasteiger partial charge in [0.1, 0.15) is 49.8 Å². The number of aromatic nitrogens is 2. The van der Waals surface area contributed by atoms with Gasteiger partial charge in [-0.2, -0.15) is 0 Å². The number of alkyl carbamates (subject to hydrolysis) is 1. The number of carboxylic acid groups (broad SMARTS) is 1. The Morgan fingerprint density at radius 2 is 1.19 bits per heavy atom. The van der Waals surface area contributed by atoms with Crippen LogP contribution in [0.2, 0.25) is 0 Å². The number of aliphatic carboxylic acids is 1. The Bertz CT molecular complexity index is 4360. The summed E-state index contributed by atoms with van der Waals surface area (Å²) in [6.07, 6.45) is 1.79. The first kappa shape index (κ1) is 98.1. The number of fused-ring (bicyclic) bond motifs is 5. The summed E-state index contributed by atoms with van der Waals surface area (Å²) < 4.78 is 82.0. The number of carboxylic acids is 1. The molecule has 4 aromatic rings. The van der Waals surface area contributed by atoms with Crippen molar-refractivity contribution in [3.8, 4) is 11.4 Å². The fraction of sp³-hybridized carbons (Fsp3) is 0.595. The van der Waals surface area contributed by atoms with E-state index >= 15 is 4.39 Å². The van der Waals surface area contributed by atoms with E-state index in [2.05, 4.69) is 42.5 Å². The van der Waals surface area contributed by atoms with Crippen LogP contribution in [-0.2, 0) is 141 Å². The van der Waals surface area contributed by atoms with E-state index in [1.165, 1.54) is 17.6 Å². The lowest BCUT2D eigenvalue weighted by Gasteiger charge is -2.31. The molecule has 2 aromatic carbocycles. The highest BCUT2D eigenvalue weighted by Crippen LogP contribution is 2.46. The number of halogens is 1. The van der Waals surface area contributed by atoms with Crippen LogP contribution in [0.4, 0.5) is 14.9 Å². The lowest BCUT2D eigenvalue weighted by atomic mass is 9.81. The number of nitrogens with zero attached hydrogens (tertiary/aromatic N) is 3. The number of nitrogens with one attached hydrogen (secondary N) is 8. The van der Waals surface area contributed by atoms with Crippen molar-refractivity contribution in [2.45, 2.75) is 167 Å². The number of cyclic esters (lactones) is 1. The number of hydrogen-bond acceptors (Lipinski definition) is 27. The lowest BCUT2D eigenvalue weighted by Crippen LogP contribution is -2.57. The fourth-order valence-corrected chi connectivity index (χ4v) is 13.9. The Morgan fingerprint density at radius 1 is 0.626 bits per heavy atom. The summed E-state index contributed by atoms with van der Waals surface area (Å²) in [5, 5.41) is 43.2. The molecular formula is C84H116FN11O27. The molecule has 0 spiro atoms. The maximum absolute atomic E-state index is 15.5. The molecule has 6 atom stereocenters. The molecular weight excluding hydrogens is 1610 g/mol. The van der Waals surface area contributed by atoms with Crippen LogP contribution in [0, 0.1) is 18.7 Å². The minimum Gasteiger partial charge on any atom is -0.481 e. The maximum Gasteiger partial charge on any atom is 0.407 e. The molecule has 38 nitrogen and oxygen atoms in total. The maximum atomic E-state index is 15.5. The summed E-state index contributed by atoms with van der Waals surface area (Å²) in [5.41, 5.74) is 1.83. The second-order valence-corrected chi connectivity index (χ2v) is 29.9. The van der Waals surface area contributed by atoms with Crippen molar-refractivity contribution in [3.05, 3.63) is 104 Å². The van der Waals surface area contributed by atoms with Crippen molar-refractivity contribution < 1.29 is 129 Å². The van der Waals surface area contributed by atoms with E-state index in [-0.39, 0.29) is 121 Å². The third-order valence-electron chi connectivity index (χ3n) is 20.7. The van der Waals surface area contributed by atoms with E-state index < -0.39 is 125 Å². The Balaban J connectivity index is 0.707. The zero-order valence-electron chi connectivity index (χ0n) is 70.6. The number of benzene rings is 2. The summed E-state index contributed by atoms with van der Waals surface area (Å²) in [6.45, 7) is 14.6. The highest BCUT2D eigenvalue weighted by Gasteiger charge is 2.46. The molecule has 676 valence electrons. The van der Waals surface area contributed by atoms with Gasteiger partial charge in [-0.1, -0.05) is 32.9 Å². The van der Waals surface area contributed by atoms with E-state index in [0.717, 1.165) is 17.1 Å². The van der Waals surface area contributed by atoms with Gasteiger partial charge in [0.15, 0.2) is 5.60 Å². The van der Waals surface area contributed by atoms with Crippen LogP contribution < -0.4 is 48.1 Å². The average molecular weight is 1730 g/mol. The summed E-state index contributed by atoms with van der Waals surface area (Å²) in [6, 6.07) is 3.49. The van der Waals surface area contributed by atoms with Crippen LogP contribution in [0.15, 0.2) is 53.3 Å².